The van der Waals surface area contributed by atoms with Crippen LogP contribution in [-0.2, 0) is 0 Å². The maximum absolute atomic E-state index is 7.80. The Morgan fingerprint density at radius 2 is 2.14 bits per heavy atom. The van der Waals surface area contributed by atoms with Gasteiger partial charge >= 0.3 is 0 Å². The molecule has 1 heterocycles. The Labute approximate surface area is 82.8 Å². The summed E-state index contributed by atoms with van der Waals surface area (Å²) in [7, 11) is 0. The molecule has 0 saturated carbocycles. The van der Waals surface area contributed by atoms with Gasteiger partial charge < -0.3 is 10.4 Å². The monoisotopic (exact) mass is 184 g/mol. The molecule has 0 atom stereocenters. The SMILES string of the molecule is C=C(C)C(=N)c1ccc2[nH]ccc2c1. The van der Waals surface area contributed by atoms with Crippen LogP contribution in [0.5, 0.6) is 0 Å². The normalized spacial score (nSPS) is 10.4. The van der Waals surface area contributed by atoms with Crippen LogP contribution < -0.4 is 0 Å². The van der Waals surface area contributed by atoms with Crippen molar-refractivity contribution in [2.24, 2.45) is 0 Å². The number of aromatic amines is 1. The average molecular weight is 184 g/mol. The number of H-pyrrole nitrogens is 1. The zero-order valence-electron chi connectivity index (χ0n) is 8.09. The Morgan fingerprint density at radius 1 is 1.36 bits per heavy atom. The van der Waals surface area contributed by atoms with Crippen molar-refractivity contribution in [3.63, 3.8) is 0 Å². The molecule has 0 saturated heterocycles. The summed E-state index contributed by atoms with van der Waals surface area (Å²) >= 11 is 0. The van der Waals surface area contributed by atoms with E-state index >= 15 is 0 Å². The highest BCUT2D eigenvalue weighted by atomic mass is 14.7. The molecule has 0 aliphatic rings. The van der Waals surface area contributed by atoms with Gasteiger partial charge in [0.15, 0.2) is 0 Å². The molecule has 0 aliphatic carbocycles. The molecule has 2 heteroatoms. The fraction of sp³-hybridized carbons (Fsp3) is 0.0833. The number of nitrogens with one attached hydrogen (secondary N) is 2. The van der Waals surface area contributed by atoms with Crippen LogP contribution in [-0.4, -0.2) is 10.7 Å². The zero-order chi connectivity index (χ0) is 10.1. The molecule has 0 spiro atoms. The first kappa shape index (κ1) is 8.75. The number of fused-ring (bicyclic) bond motifs is 1. The van der Waals surface area contributed by atoms with Crippen molar-refractivity contribution < 1.29 is 0 Å². The molecule has 1 aromatic carbocycles. The van der Waals surface area contributed by atoms with Gasteiger partial charge in [0.1, 0.15) is 0 Å². The number of allylic oxidation sites excluding steroid dienone is 1. The molecular formula is C12H12N2. The van der Waals surface area contributed by atoms with Crippen LogP contribution in [0.4, 0.5) is 0 Å². The van der Waals surface area contributed by atoms with Gasteiger partial charge in [-0.3, -0.25) is 0 Å². The van der Waals surface area contributed by atoms with Crippen molar-refractivity contribution in [3.05, 3.63) is 48.2 Å². The van der Waals surface area contributed by atoms with Crippen molar-refractivity contribution in [3.8, 4) is 0 Å². The standard InChI is InChI=1S/C12H12N2/c1-8(2)12(13)10-3-4-11-9(7-10)5-6-14-11/h3-7,13-14H,1H2,2H3. The highest BCUT2D eigenvalue weighted by Gasteiger charge is 2.03. The Hall–Kier alpha value is -1.83. The number of hydrogen-bond donors (Lipinski definition) is 2. The summed E-state index contributed by atoms with van der Waals surface area (Å²) in [5, 5.41) is 8.94. The van der Waals surface area contributed by atoms with Crippen molar-refractivity contribution in [2.45, 2.75) is 6.92 Å². The summed E-state index contributed by atoms with van der Waals surface area (Å²) in [6, 6.07) is 7.94. The van der Waals surface area contributed by atoms with Crippen LogP contribution in [0.2, 0.25) is 0 Å². The third-order valence-corrected chi connectivity index (χ3v) is 2.27. The molecular weight excluding hydrogens is 172 g/mol. The predicted octanol–water partition coefficient (Wildman–Crippen LogP) is 3.11. The maximum Gasteiger partial charge on any atom is 0.0635 e. The van der Waals surface area contributed by atoms with Crippen LogP contribution in [0.1, 0.15) is 12.5 Å². The zero-order valence-corrected chi connectivity index (χ0v) is 8.09. The van der Waals surface area contributed by atoms with Crippen LogP contribution in [0, 0.1) is 5.41 Å². The van der Waals surface area contributed by atoms with Crippen LogP contribution in [0.3, 0.4) is 0 Å². The molecule has 14 heavy (non-hydrogen) atoms. The van der Waals surface area contributed by atoms with Gasteiger partial charge in [0.05, 0.1) is 5.71 Å². The quantitative estimate of drug-likeness (QED) is 0.673. The van der Waals surface area contributed by atoms with E-state index in [2.05, 4.69) is 11.6 Å². The summed E-state index contributed by atoms with van der Waals surface area (Å²) in [6.07, 6.45) is 1.90. The lowest BCUT2D eigenvalue weighted by molar-refractivity contribution is 1.44. The van der Waals surface area contributed by atoms with E-state index in [1.54, 1.807) is 0 Å². The van der Waals surface area contributed by atoms with Crippen molar-refractivity contribution in [1.82, 2.24) is 4.98 Å². The molecule has 0 amide bonds. The van der Waals surface area contributed by atoms with E-state index in [0.29, 0.717) is 5.71 Å². The molecule has 0 radical (unpaired) electrons. The van der Waals surface area contributed by atoms with Gasteiger partial charge in [0.25, 0.3) is 0 Å². The molecule has 0 fully saturated rings. The predicted molar refractivity (Wildman–Crippen MR) is 59.9 cm³/mol. The van der Waals surface area contributed by atoms with Gasteiger partial charge in [-0.25, -0.2) is 0 Å². The second-order valence-corrected chi connectivity index (χ2v) is 3.44. The molecule has 2 N–H and O–H groups in total. The lowest BCUT2D eigenvalue weighted by Crippen LogP contribution is -1.98. The maximum atomic E-state index is 7.80. The summed E-state index contributed by atoms with van der Waals surface area (Å²) in [4.78, 5) is 3.12. The number of aromatic nitrogens is 1. The Bertz CT molecular complexity index is 506. The topological polar surface area (TPSA) is 39.6 Å². The highest BCUT2D eigenvalue weighted by molar-refractivity contribution is 6.11. The average Bonchev–Trinajstić information content (AvgIpc) is 2.62. The molecule has 0 bridgehead atoms. The minimum absolute atomic E-state index is 0.508. The Kier molecular flexibility index (Phi) is 1.97. The lowest BCUT2D eigenvalue weighted by atomic mass is 10.0. The van der Waals surface area contributed by atoms with Gasteiger partial charge in [-0.05, 0) is 30.7 Å². The second-order valence-electron chi connectivity index (χ2n) is 3.44. The first-order valence-corrected chi connectivity index (χ1v) is 4.50. The summed E-state index contributed by atoms with van der Waals surface area (Å²) in [5.41, 5.74) is 3.32. The third kappa shape index (κ3) is 1.35. The van der Waals surface area contributed by atoms with Gasteiger partial charge in [-0.2, -0.15) is 0 Å². The van der Waals surface area contributed by atoms with E-state index in [0.717, 1.165) is 22.0 Å². The highest BCUT2D eigenvalue weighted by Crippen LogP contribution is 2.16. The van der Waals surface area contributed by atoms with E-state index in [1.807, 2.05) is 37.4 Å². The third-order valence-electron chi connectivity index (χ3n) is 2.27. The fourth-order valence-electron chi connectivity index (χ4n) is 1.46. The smallest absolute Gasteiger partial charge is 0.0635 e. The van der Waals surface area contributed by atoms with E-state index in [9.17, 15) is 0 Å². The van der Waals surface area contributed by atoms with E-state index < -0.39 is 0 Å². The Morgan fingerprint density at radius 3 is 2.86 bits per heavy atom. The van der Waals surface area contributed by atoms with Crippen LogP contribution >= 0.6 is 0 Å². The number of benzene rings is 1. The van der Waals surface area contributed by atoms with Crippen molar-refractivity contribution >= 4 is 16.6 Å². The van der Waals surface area contributed by atoms with Crippen molar-refractivity contribution in [2.75, 3.05) is 0 Å². The molecule has 1 aromatic heterocycles. The molecule has 2 aromatic rings. The summed E-state index contributed by atoms with van der Waals surface area (Å²) in [6.45, 7) is 5.62. The molecule has 2 nitrogen and oxygen atoms in total. The fourth-order valence-corrected chi connectivity index (χ4v) is 1.46. The van der Waals surface area contributed by atoms with E-state index in [-0.39, 0.29) is 0 Å². The minimum Gasteiger partial charge on any atom is -0.361 e. The van der Waals surface area contributed by atoms with Gasteiger partial charge in [0.2, 0.25) is 0 Å². The van der Waals surface area contributed by atoms with E-state index in [1.165, 1.54) is 0 Å². The molecule has 0 aliphatic heterocycles. The van der Waals surface area contributed by atoms with E-state index in [4.69, 9.17) is 5.41 Å². The summed E-state index contributed by atoms with van der Waals surface area (Å²) in [5.74, 6) is 0. The van der Waals surface area contributed by atoms with Crippen LogP contribution in [0.25, 0.3) is 10.9 Å². The van der Waals surface area contributed by atoms with Crippen molar-refractivity contribution in [1.29, 1.82) is 5.41 Å². The Balaban J connectivity index is 2.54. The first-order chi connectivity index (χ1) is 6.68. The minimum atomic E-state index is 0.508. The van der Waals surface area contributed by atoms with Gasteiger partial charge in [-0.1, -0.05) is 12.6 Å². The summed E-state index contributed by atoms with van der Waals surface area (Å²) < 4.78 is 0. The first-order valence-electron chi connectivity index (χ1n) is 4.50. The molecule has 70 valence electrons. The van der Waals surface area contributed by atoms with Gasteiger partial charge in [0, 0.05) is 22.7 Å². The van der Waals surface area contributed by atoms with Gasteiger partial charge in [-0.15, -0.1) is 0 Å². The lowest BCUT2D eigenvalue weighted by Gasteiger charge is -2.02. The van der Waals surface area contributed by atoms with Crippen LogP contribution in [0.15, 0.2) is 42.6 Å². The second kappa shape index (κ2) is 3.14. The molecule has 2 rings (SSSR count). The number of hydrogen-bond acceptors (Lipinski definition) is 1. The largest absolute Gasteiger partial charge is 0.361 e. The number of rotatable bonds is 2. The molecule has 0 unspecified atom stereocenters.